The van der Waals surface area contributed by atoms with Crippen molar-refractivity contribution >= 4 is 10.0 Å². The number of hydrogen-bond acceptors (Lipinski definition) is 3. The van der Waals surface area contributed by atoms with Gasteiger partial charge in [-0.25, -0.2) is 17.5 Å². The molecule has 0 amide bonds. The van der Waals surface area contributed by atoms with E-state index < -0.39 is 38.1 Å². The topological polar surface area (TPSA) is 66.4 Å². The van der Waals surface area contributed by atoms with Gasteiger partial charge in [-0.1, -0.05) is 0 Å². The molecule has 0 heterocycles. The maximum atomic E-state index is 12.9. The number of aliphatic hydroxyl groups is 1. The van der Waals surface area contributed by atoms with Crippen molar-refractivity contribution in [1.29, 1.82) is 0 Å². The summed E-state index contributed by atoms with van der Waals surface area (Å²) in [6, 6.07) is 1.33. The van der Waals surface area contributed by atoms with Gasteiger partial charge in [0, 0.05) is 6.54 Å². The van der Waals surface area contributed by atoms with Gasteiger partial charge in [-0.3, -0.25) is 0 Å². The molecule has 0 aliphatic heterocycles. The summed E-state index contributed by atoms with van der Waals surface area (Å²) in [5.41, 5.74) is -2.79. The van der Waals surface area contributed by atoms with Crippen LogP contribution in [0.1, 0.15) is 24.8 Å². The summed E-state index contributed by atoms with van der Waals surface area (Å²) in [7, 11) is -4.50. The van der Waals surface area contributed by atoms with Crippen LogP contribution in [0.15, 0.2) is 23.1 Å². The highest BCUT2D eigenvalue weighted by molar-refractivity contribution is 7.89. The summed E-state index contributed by atoms with van der Waals surface area (Å²) in [6.07, 6.45) is -3.52. The molecule has 0 saturated heterocycles. The number of sulfonamides is 1. The lowest BCUT2D eigenvalue weighted by Gasteiger charge is -2.36. The second-order valence-corrected chi connectivity index (χ2v) is 6.78. The Morgan fingerprint density at radius 1 is 1.29 bits per heavy atom. The second-order valence-electron chi connectivity index (χ2n) is 5.04. The average molecular weight is 327 g/mol. The zero-order valence-electron chi connectivity index (χ0n) is 10.7. The minimum atomic E-state index is -5.00. The molecule has 21 heavy (non-hydrogen) atoms. The number of hydrogen-bond donors (Lipinski definition) is 2. The maximum absolute atomic E-state index is 12.9. The van der Waals surface area contributed by atoms with Gasteiger partial charge >= 0.3 is 6.18 Å². The number of benzene rings is 1. The van der Waals surface area contributed by atoms with E-state index in [1.165, 1.54) is 0 Å². The summed E-state index contributed by atoms with van der Waals surface area (Å²) in [5, 5.41) is 9.78. The van der Waals surface area contributed by atoms with Crippen molar-refractivity contribution in [2.45, 2.75) is 35.9 Å². The first-order valence-electron chi connectivity index (χ1n) is 6.12. The molecule has 1 aliphatic rings. The number of alkyl halides is 3. The Morgan fingerprint density at radius 3 is 2.38 bits per heavy atom. The largest absolute Gasteiger partial charge is 0.417 e. The lowest BCUT2D eigenvalue weighted by molar-refractivity contribution is -0.140. The molecule has 1 aromatic carbocycles. The van der Waals surface area contributed by atoms with E-state index in [0.29, 0.717) is 25.0 Å². The summed E-state index contributed by atoms with van der Waals surface area (Å²) >= 11 is 0. The fourth-order valence-electron chi connectivity index (χ4n) is 2.03. The fourth-order valence-corrected chi connectivity index (χ4v) is 3.35. The number of halogens is 4. The lowest BCUT2D eigenvalue weighted by Crippen LogP contribution is -2.47. The van der Waals surface area contributed by atoms with Crippen LogP contribution in [0.4, 0.5) is 17.6 Å². The zero-order chi connectivity index (χ0) is 15.9. The Morgan fingerprint density at radius 2 is 1.90 bits per heavy atom. The Balaban J connectivity index is 2.31. The molecule has 1 saturated carbocycles. The Bertz CT molecular complexity index is 638. The molecule has 0 atom stereocenters. The predicted octanol–water partition coefficient (Wildman–Crippen LogP) is 2.04. The number of nitrogens with one attached hydrogen (secondary N) is 1. The van der Waals surface area contributed by atoms with Gasteiger partial charge in [-0.05, 0) is 37.5 Å². The van der Waals surface area contributed by atoms with Crippen molar-refractivity contribution in [3.8, 4) is 0 Å². The van der Waals surface area contributed by atoms with E-state index in [4.69, 9.17) is 0 Å². The van der Waals surface area contributed by atoms with Crippen molar-refractivity contribution < 1.29 is 31.1 Å². The van der Waals surface area contributed by atoms with Crippen molar-refractivity contribution in [3.63, 3.8) is 0 Å². The molecule has 1 aromatic rings. The van der Waals surface area contributed by atoms with E-state index in [1.807, 2.05) is 4.72 Å². The molecule has 4 nitrogen and oxygen atoms in total. The summed E-state index contributed by atoms with van der Waals surface area (Å²) in [6.45, 7) is -0.371. The molecule has 2 rings (SSSR count). The molecule has 118 valence electrons. The normalized spacial score (nSPS) is 18.3. The van der Waals surface area contributed by atoms with E-state index in [2.05, 4.69) is 0 Å². The molecule has 2 N–H and O–H groups in total. The highest BCUT2D eigenvalue weighted by Crippen LogP contribution is 2.35. The highest BCUT2D eigenvalue weighted by Gasteiger charge is 2.39. The van der Waals surface area contributed by atoms with Crippen LogP contribution in [0.3, 0.4) is 0 Å². The van der Waals surface area contributed by atoms with E-state index in [9.17, 15) is 31.1 Å². The van der Waals surface area contributed by atoms with Gasteiger partial charge in [-0.2, -0.15) is 13.2 Å². The smallest absolute Gasteiger partial charge is 0.389 e. The quantitative estimate of drug-likeness (QED) is 0.832. The van der Waals surface area contributed by atoms with Crippen LogP contribution in [0.5, 0.6) is 0 Å². The third kappa shape index (κ3) is 3.53. The zero-order valence-corrected chi connectivity index (χ0v) is 11.6. The molecule has 0 unspecified atom stereocenters. The van der Waals surface area contributed by atoms with E-state index in [0.717, 1.165) is 6.42 Å². The Hall–Kier alpha value is -1.19. The van der Waals surface area contributed by atoms with Crippen LogP contribution in [0.2, 0.25) is 0 Å². The van der Waals surface area contributed by atoms with E-state index in [1.54, 1.807) is 0 Å². The minimum Gasteiger partial charge on any atom is -0.389 e. The first-order valence-corrected chi connectivity index (χ1v) is 7.61. The first-order chi connectivity index (χ1) is 9.54. The predicted molar refractivity (Wildman–Crippen MR) is 65.4 cm³/mol. The monoisotopic (exact) mass is 327 g/mol. The van der Waals surface area contributed by atoms with Gasteiger partial charge in [-0.15, -0.1) is 0 Å². The second kappa shape index (κ2) is 5.22. The van der Waals surface area contributed by atoms with Crippen molar-refractivity contribution in [1.82, 2.24) is 4.72 Å². The molecule has 0 bridgehead atoms. The number of rotatable bonds is 4. The summed E-state index contributed by atoms with van der Waals surface area (Å²) < 4.78 is 77.2. The third-order valence-electron chi connectivity index (χ3n) is 3.41. The van der Waals surface area contributed by atoms with Crippen LogP contribution in [0.25, 0.3) is 0 Å². The van der Waals surface area contributed by atoms with E-state index >= 15 is 0 Å². The first kappa shape index (κ1) is 16.2. The molecular weight excluding hydrogens is 314 g/mol. The van der Waals surface area contributed by atoms with Crippen LogP contribution < -0.4 is 4.72 Å². The van der Waals surface area contributed by atoms with Crippen molar-refractivity contribution in [2.24, 2.45) is 0 Å². The van der Waals surface area contributed by atoms with Gasteiger partial charge < -0.3 is 5.11 Å². The molecule has 0 spiro atoms. The SMILES string of the molecule is O=S(=O)(NCC1(O)CCC1)c1ccc(F)cc1C(F)(F)F. The summed E-state index contributed by atoms with van der Waals surface area (Å²) in [5.74, 6) is -1.18. The van der Waals surface area contributed by atoms with Gasteiger partial charge in [0.2, 0.25) is 10.0 Å². The molecule has 0 aromatic heterocycles. The van der Waals surface area contributed by atoms with Crippen LogP contribution >= 0.6 is 0 Å². The van der Waals surface area contributed by atoms with Crippen LogP contribution in [-0.4, -0.2) is 25.7 Å². The molecule has 1 fully saturated rings. The Labute approximate surface area is 118 Å². The molecule has 9 heteroatoms. The lowest BCUT2D eigenvalue weighted by atomic mass is 9.81. The minimum absolute atomic E-state index is 0.132. The van der Waals surface area contributed by atoms with Gasteiger partial charge in [0.1, 0.15) is 5.82 Å². The van der Waals surface area contributed by atoms with Crippen molar-refractivity contribution in [2.75, 3.05) is 6.54 Å². The standard InChI is InChI=1S/C12H13F4NO3S/c13-8-2-3-10(9(6-8)12(14,15)16)21(19,20)17-7-11(18)4-1-5-11/h2-3,6,17-18H,1,4-5,7H2. The van der Waals surface area contributed by atoms with Gasteiger partial charge in [0.05, 0.1) is 16.1 Å². The van der Waals surface area contributed by atoms with Crippen LogP contribution in [0, 0.1) is 5.82 Å². The Kier molecular flexibility index (Phi) is 4.02. The fraction of sp³-hybridized carbons (Fsp3) is 0.500. The van der Waals surface area contributed by atoms with Gasteiger partial charge in [0.25, 0.3) is 0 Å². The summed E-state index contributed by atoms with van der Waals surface area (Å²) in [4.78, 5) is -1.06. The average Bonchev–Trinajstić information content (AvgIpc) is 2.33. The van der Waals surface area contributed by atoms with E-state index in [-0.39, 0.29) is 12.6 Å². The third-order valence-corrected chi connectivity index (χ3v) is 4.87. The molecular formula is C12H13F4NO3S. The maximum Gasteiger partial charge on any atom is 0.417 e. The van der Waals surface area contributed by atoms with Gasteiger partial charge in [0.15, 0.2) is 0 Å². The molecule has 1 aliphatic carbocycles. The molecule has 0 radical (unpaired) electrons. The van der Waals surface area contributed by atoms with Crippen LogP contribution in [-0.2, 0) is 16.2 Å². The highest BCUT2D eigenvalue weighted by atomic mass is 32.2. The van der Waals surface area contributed by atoms with Crippen molar-refractivity contribution in [3.05, 3.63) is 29.6 Å².